The molecule has 0 bridgehead atoms. The predicted octanol–water partition coefficient (Wildman–Crippen LogP) is 2.56. The first kappa shape index (κ1) is 18.5. The molecule has 24 heavy (non-hydrogen) atoms. The molecule has 2 unspecified atom stereocenters. The molecular weight excluding hydrogens is 308 g/mol. The number of anilines is 1. The minimum atomic E-state index is -0.960. The highest BCUT2D eigenvalue weighted by atomic mass is 16.5. The second-order valence-electron chi connectivity index (χ2n) is 6.59. The number of nitrogens with one attached hydrogen (secondary N) is 1. The van der Waals surface area contributed by atoms with Gasteiger partial charge in [0.1, 0.15) is 5.54 Å². The maximum absolute atomic E-state index is 12.7. The van der Waals surface area contributed by atoms with E-state index in [0.717, 1.165) is 0 Å². The second-order valence-corrected chi connectivity index (χ2v) is 6.59. The van der Waals surface area contributed by atoms with Crippen LogP contribution in [0.3, 0.4) is 0 Å². The van der Waals surface area contributed by atoms with Crippen LogP contribution in [0.5, 0.6) is 11.5 Å². The molecule has 6 heteroatoms. The number of hydrogen-bond donors (Lipinski definition) is 2. The minimum Gasteiger partial charge on any atom is -0.493 e. The molecule has 6 nitrogen and oxygen atoms in total. The molecule has 0 radical (unpaired) electrons. The van der Waals surface area contributed by atoms with Crippen molar-refractivity contribution in [1.82, 2.24) is 0 Å². The van der Waals surface area contributed by atoms with Gasteiger partial charge in [0.2, 0.25) is 5.91 Å². The van der Waals surface area contributed by atoms with Gasteiger partial charge in [-0.2, -0.15) is 0 Å². The van der Waals surface area contributed by atoms with E-state index in [0.29, 0.717) is 36.8 Å². The Morgan fingerprint density at radius 2 is 2.00 bits per heavy atom. The molecule has 0 aliphatic heterocycles. The molecular formula is C18H28N2O4. The molecule has 0 spiro atoms. The van der Waals surface area contributed by atoms with E-state index in [-0.39, 0.29) is 12.0 Å². The molecule has 1 aromatic carbocycles. The number of carbonyl (C=O) groups excluding carboxylic acids is 1. The number of amides is 1. The van der Waals surface area contributed by atoms with Gasteiger partial charge >= 0.3 is 0 Å². The Morgan fingerprint density at radius 3 is 2.54 bits per heavy atom. The molecule has 0 saturated heterocycles. The maximum Gasteiger partial charge on any atom is 0.245 e. The number of nitrogens with two attached hydrogens (primary N) is 1. The molecule has 1 aromatic rings. The summed E-state index contributed by atoms with van der Waals surface area (Å²) in [5.41, 5.74) is 5.64. The van der Waals surface area contributed by atoms with Crippen LogP contribution in [0.1, 0.15) is 34.1 Å². The average Bonchev–Trinajstić information content (AvgIpc) is 2.55. The van der Waals surface area contributed by atoms with Crippen LogP contribution in [0.2, 0.25) is 0 Å². The van der Waals surface area contributed by atoms with Gasteiger partial charge in [-0.05, 0) is 26.0 Å². The summed E-state index contributed by atoms with van der Waals surface area (Å²) >= 11 is 0. The fraction of sp³-hybridized carbons (Fsp3) is 0.611. The molecule has 1 saturated carbocycles. The average molecular weight is 336 g/mol. The zero-order valence-electron chi connectivity index (χ0n) is 15.1. The lowest BCUT2D eigenvalue weighted by Gasteiger charge is -2.57. The van der Waals surface area contributed by atoms with Gasteiger partial charge in [0.25, 0.3) is 0 Å². The molecule has 1 aliphatic rings. The van der Waals surface area contributed by atoms with E-state index in [9.17, 15) is 4.79 Å². The van der Waals surface area contributed by atoms with E-state index < -0.39 is 11.0 Å². The van der Waals surface area contributed by atoms with Crippen molar-refractivity contribution in [1.29, 1.82) is 0 Å². The van der Waals surface area contributed by atoms with E-state index in [1.807, 2.05) is 27.7 Å². The topological polar surface area (TPSA) is 82.8 Å². The van der Waals surface area contributed by atoms with Crippen molar-refractivity contribution < 1.29 is 19.0 Å². The Kier molecular flexibility index (Phi) is 5.40. The normalized spacial score (nSPS) is 24.8. The Bertz CT molecular complexity index is 603. The van der Waals surface area contributed by atoms with Crippen molar-refractivity contribution in [2.45, 2.75) is 45.8 Å². The highest BCUT2D eigenvalue weighted by Gasteiger charge is 2.62. The lowest BCUT2D eigenvalue weighted by atomic mass is 9.54. The molecule has 0 aromatic heterocycles. The van der Waals surface area contributed by atoms with Crippen molar-refractivity contribution in [3.8, 4) is 11.5 Å². The molecule has 0 heterocycles. The van der Waals surface area contributed by atoms with Crippen LogP contribution < -0.4 is 20.5 Å². The number of rotatable bonds is 7. The molecule has 1 fully saturated rings. The summed E-state index contributed by atoms with van der Waals surface area (Å²) in [4.78, 5) is 12.7. The van der Waals surface area contributed by atoms with E-state index in [1.54, 1.807) is 25.3 Å². The van der Waals surface area contributed by atoms with E-state index in [4.69, 9.17) is 19.9 Å². The summed E-state index contributed by atoms with van der Waals surface area (Å²) < 4.78 is 16.5. The van der Waals surface area contributed by atoms with E-state index >= 15 is 0 Å². The Balaban J connectivity index is 2.14. The highest BCUT2D eigenvalue weighted by molar-refractivity contribution is 6.00. The first-order valence-corrected chi connectivity index (χ1v) is 8.33. The Labute approximate surface area is 143 Å². The summed E-state index contributed by atoms with van der Waals surface area (Å²) in [7, 11) is 1.58. The molecule has 2 rings (SSSR count). The zero-order valence-corrected chi connectivity index (χ0v) is 15.1. The van der Waals surface area contributed by atoms with Crippen LogP contribution in [-0.2, 0) is 9.53 Å². The maximum atomic E-state index is 12.7. The summed E-state index contributed by atoms with van der Waals surface area (Å²) in [6.07, 6.45) is 0.502. The van der Waals surface area contributed by atoms with Crippen molar-refractivity contribution in [3.05, 3.63) is 18.2 Å². The summed E-state index contributed by atoms with van der Waals surface area (Å²) in [6, 6.07) is 5.28. The van der Waals surface area contributed by atoms with E-state index in [2.05, 4.69) is 5.32 Å². The number of ether oxygens (including phenoxy) is 3. The van der Waals surface area contributed by atoms with Gasteiger partial charge in [0.15, 0.2) is 11.5 Å². The number of carbonyl (C=O) groups is 1. The largest absolute Gasteiger partial charge is 0.493 e. The lowest BCUT2D eigenvalue weighted by Crippen LogP contribution is -2.74. The highest BCUT2D eigenvalue weighted by Crippen LogP contribution is 2.50. The second kappa shape index (κ2) is 6.99. The third-order valence-electron chi connectivity index (χ3n) is 4.96. The Hall–Kier alpha value is -1.79. The van der Waals surface area contributed by atoms with Gasteiger partial charge in [-0.15, -0.1) is 0 Å². The van der Waals surface area contributed by atoms with Crippen molar-refractivity contribution in [2.75, 3.05) is 25.6 Å². The number of benzene rings is 1. The van der Waals surface area contributed by atoms with Crippen molar-refractivity contribution in [3.63, 3.8) is 0 Å². The van der Waals surface area contributed by atoms with Gasteiger partial charge in [-0.3, -0.25) is 4.79 Å². The number of hydrogen-bond acceptors (Lipinski definition) is 5. The molecule has 134 valence electrons. The monoisotopic (exact) mass is 336 g/mol. The first-order chi connectivity index (χ1) is 11.3. The molecule has 3 N–H and O–H groups in total. The third-order valence-corrected chi connectivity index (χ3v) is 4.96. The van der Waals surface area contributed by atoms with Crippen LogP contribution >= 0.6 is 0 Å². The van der Waals surface area contributed by atoms with Crippen LogP contribution in [0.4, 0.5) is 5.69 Å². The molecule has 2 atom stereocenters. The molecule has 1 amide bonds. The SMILES string of the molecule is CCOc1cc(NC(=O)C2(N)CC(OCC)C2(C)C)ccc1OC. The fourth-order valence-corrected chi connectivity index (χ4v) is 3.09. The van der Waals surface area contributed by atoms with Crippen LogP contribution in [0.25, 0.3) is 0 Å². The van der Waals surface area contributed by atoms with Gasteiger partial charge in [-0.1, -0.05) is 13.8 Å². The summed E-state index contributed by atoms with van der Waals surface area (Å²) in [5.74, 6) is 0.998. The fourth-order valence-electron chi connectivity index (χ4n) is 3.09. The van der Waals surface area contributed by atoms with E-state index in [1.165, 1.54) is 0 Å². The van der Waals surface area contributed by atoms with Crippen molar-refractivity contribution in [2.24, 2.45) is 11.1 Å². The minimum absolute atomic E-state index is 0.00639. The quantitative estimate of drug-likeness (QED) is 0.799. The first-order valence-electron chi connectivity index (χ1n) is 8.33. The van der Waals surface area contributed by atoms with Crippen molar-refractivity contribution >= 4 is 11.6 Å². The zero-order chi connectivity index (χ0) is 18.0. The summed E-state index contributed by atoms with van der Waals surface area (Å²) in [6.45, 7) is 8.90. The van der Waals surface area contributed by atoms with Gasteiger partial charge < -0.3 is 25.3 Å². The lowest BCUT2D eigenvalue weighted by molar-refractivity contribution is -0.166. The third kappa shape index (κ3) is 3.08. The van der Waals surface area contributed by atoms with Crippen LogP contribution in [0.15, 0.2) is 18.2 Å². The van der Waals surface area contributed by atoms with Gasteiger partial charge in [0.05, 0.1) is 19.8 Å². The number of methoxy groups -OCH3 is 1. The smallest absolute Gasteiger partial charge is 0.245 e. The van der Waals surface area contributed by atoms with Crippen LogP contribution in [-0.4, -0.2) is 37.9 Å². The molecule has 1 aliphatic carbocycles. The summed E-state index contributed by atoms with van der Waals surface area (Å²) in [5, 5.41) is 2.90. The van der Waals surface area contributed by atoms with Gasteiger partial charge in [-0.25, -0.2) is 0 Å². The Morgan fingerprint density at radius 1 is 1.29 bits per heavy atom. The standard InChI is InChI=1S/C18H28N2O4/c1-6-23-14-10-12(8-9-13(14)22-5)20-16(21)18(19)11-15(24-7-2)17(18,3)4/h8-10,15H,6-7,11,19H2,1-5H3,(H,20,21). The predicted molar refractivity (Wildman–Crippen MR) is 93.5 cm³/mol. The van der Waals surface area contributed by atoms with Gasteiger partial charge in [0, 0.05) is 30.2 Å². The van der Waals surface area contributed by atoms with Crippen LogP contribution in [0, 0.1) is 5.41 Å².